The molecule has 0 saturated heterocycles. The largest absolute Gasteiger partial charge is 0.478 e. The first kappa shape index (κ1) is 17.0. The van der Waals surface area contributed by atoms with Crippen LogP contribution >= 0.6 is 11.6 Å². The third kappa shape index (κ3) is 4.79. The molecule has 1 N–H and O–H groups in total. The molecule has 0 aromatic heterocycles. The lowest BCUT2D eigenvalue weighted by Crippen LogP contribution is -2.36. The van der Waals surface area contributed by atoms with Crippen molar-refractivity contribution in [1.82, 2.24) is 4.90 Å². The Balaban J connectivity index is 3.17. The molecule has 0 aliphatic carbocycles. The molecule has 0 bridgehead atoms. The van der Waals surface area contributed by atoms with Crippen molar-refractivity contribution in [3.8, 4) is 0 Å². The van der Waals surface area contributed by atoms with Crippen molar-refractivity contribution in [2.75, 3.05) is 32.1 Å². The number of likely N-dealkylation sites (N-methyl/N-ethyl adjacent to an activating group) is 2. The Bertz CT molecular complexity index is 556. The van der Waals surface area contributed by atoms with E-state index in [9.17, 15) is 9.59 Å². The van der Waals surface area contributed by atoms with Crippen molar-refractivity contribution in [2.45, 2.75) is 6.92 Å². The molecular formula is C15H19ClN2O3. The fourth-order valence-electron chi connectivity index (χ4n) is 1.79. The SMILES string of the molecule is CCN(CC(=O)N(C)C)c1cccc(Cl)c1C=CC(=O)O. The normalized spacial score (nSPS) is 10.7. The number of amides is 1. The van der Waals surface area contributed by atoms with Gasteiger partial charge in [0.05, 0.1) is 6.54 Å². The fourth-order valence-corrected chi connectivity index (χ4v) is 2.03. The summed E-state index contributed by atoms with van der Waals surface area (Å²) >= 11 is 6.15. The summed E-state index contributed by atoms with van der Waals surface area (Å²) in [5.41, 5.74) is 1.33. The van der Waals surface area contributed by atoms with E-state index in [1.165, 1.54) is 11.0 Å². The van der Waals surface area contributed by atoms with E-state index in [-0.39, 0.29) is 12.5 Å². The fraction of sp³-hybridized carbons (Fsp3) is 0.333. The van der Waals surface area contributed by atoms with Gasteiger partial charge in [0.1, 0.15) is 0 Å². The van der Waals surface area contributed by atoms with E-state index in [0.29, 0.717) is 17.1 Å². The lowest BCUT2D eigenvalue weighted by Gasteiger charge is -2.26. The van der Waals surface area contributed by atoms with Crippen LogP contribution in [0.25, 0.3) is 6.08 Å². The zero-order valence-corrected chi connectivity index (χ0v) is 13.1. The molecule has 0 saturated carbocycles. The molecule has 1 rings (SSSR count). The number of carbonyl (C=O) groups is 2. The molecule has 1 aromatic carbocycles. The number of hydrogen-bond acceptors (Lipinski definition) is 3. The maximum absolute atomic E-state index is 11.9. The predicted molar refractivity (Wildman–Crippen MR) is 84.7 cm³/mol. The summed E-state index contributed by atoms with van der Waals surface area (Å²) in [5, 5.41) is 9.21. The molecule has 0 spiro atoms. The van der Waals surface area contributed by atoms with Gasteiger partial charge in [0.2, 0.25) is 5.91 Å². The molecule has 0 fully saturated rings. The van der Waals surface area contributed by atoms with Crippen LogP contribution < -0.4 is 4.90 Å². The van der Waals surface area contributed by atoms with E-state index in [2.05, 4.69) is 0 Å². The second kappa shape index (κ2) is 7.69. The lowest BCUT2D eigenvalue weighted by atomic mass is 10.1. The molecule has 0 aliphatic heterocycles. The summed E-state index contributed by atoms with van der Waals surface area (Å²) in [6.07, 6.45) is 2.48. The van der Waals surface area contributed by atoms with Crippen LogP contribution in [0.3, 0.4) is 0 Å². The number of anilines is 1. The molecule has 1 amide bonds. The summed E-state index contributed by atoms with van der Waals surface area (Å²) < 4.78 is 0. The van der Waals surface area contributed by atoms with Gasteiger partial charge in [-0.15, -0.1) is 0 Å². The molecular weight excluding hydrogens is 292 g/mol. The Labute approximate surface area is 129 Å². The average molecular weight is 311 g/mol. The number of rotatable bonds is 6. The van der Waals surface area contributed by atoms with Crippen molar-refractivity contribution in [3.05, 3.63) is 34.9 Å². The van der Waals surface area contributed by atoms with E-state index in [4.69, 9.17) is 16.7 Å². The minimum Gasteiger partial charge on any atom is -0.478 e. The van der Waals surface area contributed by atoms with Crippen molar-refractivity contribution in [2.24, 2.45) is 0 Å². The van der Waals surface area contributed by atoms with Crippen LogP contribution in [-0.2, 0) is 9.59 Å². The molecule has 1 aromatic rings. The Morgan fingerprint density at radius 1 is 1.33 bits per heavy atom. The van der Waals surface area contributed by atoms with Crippen molar-refractivity contribution < 1.29 is 14.7 Å². The van der Waals surface area contributed by atoms with Crippen molar-refractivity contribution in [3.63, 3.8) is 0 Å². The van der Waals surface area contributed by atoms with Crippen LogP contribution in [0.1, 0.15) is 12.5 Å². The van der Waals surface area contributed by atoms with E-state index in [1.807, 2.05) is 17.9 Å². The van der Waals surface area contributed by atoms with Crippen LogP contribution in [0, 0.1) is 0 Å². The Morgan fingerprint density at radius 3 is 2.52 bits per heavy atom. The van der Waals surface area contributed by atoms with Gasteiger partial charge in [0.15, 0.2) is 0 Å². The molecule has 0 atom stereocenters. The summed E-state index contributed by atoms with van der Waals surface area (Å²) in [6.45, 7) is 2.74. The van der Waals surface area contributed by atoms with Gasteiger partial charge in [0, 0.05) is 43.0 Å². The molecule has 6 heteroatoms. The zero-order chi connectivity index (χ0) is 16.0. The van der Waals surface area contributed by atoms with E-state index < -0.39 is 5.97 Å². The number of aliphatic carboxylic acids is 1. The summed E-state index contributed by atoms with van der Waals surface area (Å²) in [4.78, 5) is 26.0. The van der Waals surface area contributed by atoms with Crippen molar-refractivity contribution >= 4 is 35.2 Å². The van der Waals surface area contributed by atoms with Gasteiger partial charge in [-0.3, -0.25) is 4.79 Å². The highest BCUT2D eigenvalue weighted by molar-refractivity contribution is 6.32. The van der Waals surface area contributed by atoms with Crippen LogP contribution in [-0.4, -0.2) is 49.1 Å². The molecule has 0 radical (unpaired) electrons. The quantitative estimate of drug-likeness (QED) is 0.819. The zero-order valence-electron chi connectivity index (χ0n) is 12.3. The average Bonchev–Trinajstić information content (AvgIpc) is 2.42. The molecule has 5 nitrogen and oxygen atoms in total. The highest BCUT2D eigenvalue weighted by Gasteiger charge is 2.15. The van der Waals surface area contributed by atoms with Crippen molar-refractivity contribution in [1.29, 1.82) is 0 Å². The Morgan fingerprint density at radius 2 is 2.00 bits per heavy atom. The van der Waals surface area contributed by atoms with Crippen LogP contribution in [0.4, 0.5) is 5.69 Å². The van der Waals surface area contributed by atoms with E-state index in [0.717, 1.165) is 11.8 Å². The number of carbonyl (C=O) groups excluding carboxylic acids is 1. The van der Waals surface area contributed by atoms with Crippen LogP contribution in [0.2, 0.25) is 5.02 Å². The number of hydrogen-bond donors (Lipinski definition) is 1. The van der Waals surface area contributed by atoms with Crippen LogP contribution in [0.15, 0.2) is 24.3 Å². The number of benzene rings is 1. The molecule has 114 valence electrons. The van der Waals surface area contributed by atoms with Gasteiger partial charge < -0.3 is 14.9 Å². The van der Waals surface area contributed by atoms with Crippen LogP contribution in [0.5, 0.6) is 0 Å². The summed E-state index contributed by atoms with van der Waals surface area (Å²) in [5.74, 6) is -1.08. The molecule has 0 unspecified atom stereocenters. The second-order valence-electron chi connectivity index (χ2n) is 4.65. The summed E-state index contributed by atoms with van der Waals surface area (Å²) in [6, 6.07) is 5.28. The standard InChI is InChI=1S/C15H19ClN2O3/c1-4-18(10-14(19)17(2)3)13-7-5-6-12(16)11(13)8-9-15(20)21/h5-9H,4,10H2,1-3H3,(H,20,21). The van der Waals surface area contributed by atoms with Gasteiger partial charge in [-0.1, -0.05) is 17.7 Å². The highest BCUT2D eigenvalue weighted by Crippen LogP contribution is 2.29. The maximum atomic E-state index is 11.9. The summed E-state index contributed by atoms with van der Waals surface area (Å²) in [7, 11) is 3.39. The number of halogens is 1. The number of carboxylic acid groups (broad SMARTS) is 1. The first-order valence-electron chi connectivity index (χ1n) is 6.51. The maximum Gasteiger partial charge on any atom is 0.328 e. The third-order valence-electron chi connectivity index (χ3n) is 2.97. The monoisotopic (exact) mass is 310 g/mol. The van der Waals surface area contributed by atoms with E-state index >= 15 is 0 Å². The topological polar surface area (TPSA) is 60.9 Å². The lowest BCUT2D eigenvalue weighted by molar-refractivity contribution is -0.131. The third-order valence-corrected chi connectivity index (χ3v) is 3.30. The predicted octanol–water partition coefficient (Wildman–Crippen LogP) is 2.35. The Kier molecular flexibility index (Phi) is 6.24. The Hall–Kier alpha value is -2.01. The minimum atomic E-state index is -1.05. The van der Waals surface area contributed by atoms with Gasteiger partial charge in [-0.2, -0.15) is 0 Å². The second-order valence-corrected chi connectivity index (χ2v) is 5.05. The molecule has 0 aliphatic rings. The first-order chi connectivity index (χ1) is 9.86. The van der Waals surface area contributed by atoms with Gasteiger partial charge >= 0.3 is 5.97 Å². The van der Waals surface area contributed by atoms with Gasteiger partial charge in [0.25, 0.3) is 0 Å². The van der Waals surface area contributed by atoms with Gasteiger partial charge in [-0.25, -0.2) is 4.79 Å². The van der Waals surface area contributed by atoms with Gasteiger partial charge in [-0.05, 0) is 25.1 Å². The highest BCUT2D eigenvalue weighted by atomic mass is 35.5. The molecule has 0 heterocycles. The minimum absolute atomic E-state index is 0.0370. The number of carboxylic acids is 1. The number of nitrogens with zero attached hydrogens (tertiary/aromatic N) is 2. The first-order valence-corrected chi connectivity index (χ1v) is 6.89. The smallest absolute Gasteiger partial charge is 0.328 e. The van der Waals surface area contributed by atoms with E-state index in [1.54, 1.807) is 26.2 Å². The molecule has 21 heavy (non-hydrogen) atoms.